The standard InChI is InChI=1S/C6H18OSi2.C2H6/c1-8-7-5-6-9(2,3)4;1-2/h5-6,8H2,1-4H3;1-2H3. The first-order valence-corrected chi connectivity index (χ1v) is 10.3. The van der Waals surface area contributed by atoms with Crippen molar-refractivity contribution in [3.8, 4) is 0 Å². The van der Waals surface area contributed by atoms with Gasteiger partial charge in [0.2, 0.25) is 0 Å². The van der Waals surface area contributed by atoms with Gasteiger partial charge in [-0.1, -0.05) is 40.0 Å². The molecule has 0 aromatic carbocycles. The summed E-state index contributed by atoms with van der Waals surface area (Å²) >= 11 is 0. The van der Waals surface area contributed by atoms with Gasteiger partial charge in [-0.2, -0.15) is 0 Å². The van der Waals surface area contributed by atoms with Gasteiger partial charge in [0, 0.05) is 14.7 Å². The Morgan fingerprint density at radius 1 is 1.18 bits per heavy atom. The Morgan fingerprint density at radius 2 is 1.64 bits per heavy atom. The van der Waals surface area contributed by atoms with Crippen molar-refractivity contribution in [1.82, 2.24) is 0 Å². The molecule has 11 heavy (non-hydrogen) atoms. The summed E-state index contributed by atoms with van der Waals surface area (Å²) in [6.07, 6.45) is 0. The van der Waals surface area contributed by atoms with Crippen molar-refractivity contribution >= 4 is 17.8 Å². The molecule has 0 unspecified atom stereocenters. The van der Waals surface area contributed by atoms with Gasteiger partial charge in [0.25, 0.3) is 0 Å². The summed E-state index contributed by atoms with van der Waals surface area (Å²) in [6, 6.07) is 1.33. The van der Waals surface area contributed by atoms with Gasteiger partial charge in [0.05, 0.1) is 0 Å². The number of hydrogen-bond acceptors (Lipinski definition) is 1. The Kier molecular flexibility index (Phi) is 10.8. The van der Waals surface area contributed by atoms with E-state index in [4.69, 9.17) is 4.43 Å². The van der Waals surface area contributed by atoms with Gasteiger partial charge in [-0.15, -0.1) is 0 Å². The average Bonchev–Trinajstić information content (AvgIpc) is 1.90. The summed E-state index contributed by atoms with van der Waals surface area (Å²) < 4.78 is 5.38. The summed E-state index contributed by atoms with van der Waals surface area (Å²) in [7, 11) is -0.930. The van der Waals surface area contributed by atoms with E-state index in [1.54, 1.807) is 0 Å². The van der Waals surface area contributed by atoms with E-state index in [1.807, 2.05) is 13.8 Å². The number of rotatable bonds is 4. The molecule has 70 valence electrons. The minimum absolute atomic E-state index is 0.133. The van der Waals surface area contributed by atoms with E-state index in [9.17, 15) is 0 Å². The lowest BCUT2D eigenvalue weighted by Crippen LogP contribution is -2.21. The highest BCUT2D eigenvalue weighted by atomic mass is 28.3. The minimum atomic E-state index is -0.797. The van der Waals surface area contributed by atoms with Crippen molar-refractivity contribution in [2.24, 2.45) is 0 Å². The third kappa shape index (κ3) is 17.9. The Hall–Kier alpha value is 0.394. The molecule has 0 amide bonds. The lowest BCUT2D eigenvalue weighted by Gasteiger charge is -2.14. The van der Waals surface area contributed by atoms with Crippen LogP contribution in [-0.4, -0.2) is 24.4 Å². The molecule has 0 radical (unpaired) electrons. The average molecular weight is 192 g/mol. The minimum Gasteiger partial charge on any atom is -0.425 e. The molecule has 0 heterocycles. The van der Waals surface area contributed by atoms with Crippen molar-refractivity contribution in [2.45, 2.75) is 46.1 Å². The van der Waals surface area contributed by atoms with E-state index in [0.717, 1.165) is 6.61 Å². The zero-order chi connectivity index (χ0) is 9.33. The zero-order valence-electron chi connectivity index (χ0n) is 9.03. The van der Waals surface area contributed by atoms with Crippen LogP contribution < -0.4 is 0 Å². The molecule has 0 aliphatic heterocycles. The highest BCUT2D eigenvalue weighted by molar-refractivity contribution is 6.76. The number of hydrogen-bond donors (Lipinski definition) is 0. The maximum absolute atomic E-state index is 5.38. The van der Waals surface area contributed by atoms with Crippen molar-refractivity contribution in [1.29, 1.82) is 0 Å². The van der Waals surface area contributed by atoms with Crippen LogP contribution in [0.1, 0.15) is 13.8 Å². The molecule has 1 nitrogen and oxygen atoms in total. The molecule has 0 aliphatic rings. The highest BCUT2D eigenvalue weighted by Crippen LogP contribution is 2.06. The Bertz CT molecular complexity index is 69.0. The van der Waals surface area contributed by atoms with E-state index in [2.05, 4.69) is 26.2 Å². The molecule has 0 aliphatic carbocycles. The van der Waals surface area contributed by atoms with Crippen LogP contribution in [0.25, 0.3) is 0 Å². The predicted octanol–water partition coefficient (Wildman–Crippen LogP) is 2.50. The molecule has 0 spiro atoms. The Balaban J connectivity index is 0. The lowest BCUT2D eigenvalue weighted by atomic mass is 10.9. The predicted molar refractivity (Wildman–Crippen MR) is 59.9 cm³/mol. The second-order valence-corrected chi connectivity index (χ2v) is 10.1. The molecule has 3 heteroatoms. The first-order valence-electron chi connectivity index (χ1n) is 4.64. The molecular formula is C8H24OSi2. The smallest absolute Gasteiger partial charge is 0.158 e. The topological polar surface area (TPSA) is 9.23 Å². The van der Waals surface area contributed by atoms with Gasteiger partial charge in [0.1, 0.15) is 0 Å². The molecule has 0 bridgehead atoms. The highest BCUT2D eigenvalue weighted by Gasteiger charge is 2.11. The van der Waals surface area contributed by atoms with E-state index in [-0.39, 0.29) is 9.76 Å². The monoisotopic (exact) mass is 192 g/mol. The van der Waals surface area contributed by atoms with Crippen molar-refractivity contribution in [3.05, 3.63) is 0 Å². The first-order chi connectivity index (χ1) is 5.06. The summed E-state index contributed by atoms with van der Waals surface area (Å²) in [4.78, 5) is 0. The Labute approximate surface area is 75.5 Å². The van der Waals surface area contributed by atoms with Gasteiger partial charge >= 0.3 is 0 Å². The molecule has 0 atom stereocenters. The van der Waals surface area contributed by atoms with Crippen LogP contribution >= 0.6 is 0 Å². The second-order valence-electron chi connectivity index (χ2n) is 3.51. The Morgan fingerprint density at radius 3 is 1.91 bits per heavy atom. The molecule has 0 aromatic heterocycles. The molecule has 0 aromatic rings. The van der Waals surface area contributed by atoms with E-state index < -0.39 is 8.07 Å². The zero-order valence-corrected chi connectivity index (χ0v) is 11.4. The van der Waals surface area contributed by atoms with Crippen LogP contribution in [0.5, 0.6) is 0 Å². The molecule has 0 rings (SSSR count). The summed E-state index contributed by atoms with van der Waals surface area (Å²) in [5, 5.41) is 0. The van der Waals surface area contributed by atoms with Crippen LogP contribution in [0, 0.1) is 0 Å². The fraction of sp³-hybridized carbons (Fsp3) is 1.00. The van der Waals surface area contributed by atoms with Gasteiger partial charge in [0.15, 0.2) is 9.76 Å². The quantitative estimate of drug-likeness (QED) is 0.491. The third-order valence-electron chi connectivity index (χ3n) is 1.20. The SMILES string of the molecule is CC.C[SiH2]OCC[Si](C)(C)C. The normalized spacial score (nSPS) is 11.5. The molecule has 0 saturated heterocycles. The van der Waals surface area contributed by atoms with Gasteiger partial charge in [-0.05, 0) is 6.04 Å². The van der Waals surface area contributed by atoms with Crippen molar-refractivity contribution in [3.63, 3.8) is 0 Å². The molecular weight excluding hydrogens is 168 g/mol. The fourth-order valence-electron chi connectivity index (χ4n) is 0.523. The van der Waals surface area contributed by atoms with Gasteiger partial charge < -0.3 is 4.43 Å². The van der Waals surface area contributed by atoms with E-state index in [0.29, 0.717) is 0 Å². The summed E-state index contributed by atoms with van der Waals surface area (Å²) in [6.45, 7) is 14.4. The van der Waals surface area contributed by atoms with Crippen LogP contribution in [-0.2, 0) is 4.43 Å². The molecule has 0 saturated carbocycles. The third-order valence-corrected chi connectivity index (χ3v) is 3.60. The van der Waals surface area contributed by atoms with Crippen molar-refractivity contribution < 1.29 is 4.43 Å². The van der Waals surface area contributed by atoms with Crippen molar-refractivity contribution in [2.75, 3.05) is 6.61 Å². The van der Waals surface area contributed by atoms with Crippen LogP contribution in [0.15, 0.2) is 0 Å². The van der Waals surface area contributed by atoms with Gasteiger partial charge in [-0.3, -0.25) is 0 Å². The maximum Gasteiger partial charge on any atom is 0.158 e. The molecule has 0 N–H and O–H groups in total. The van der Waals surface area contributed by atoms with Crippen LogP contribution in [0.2, 0.25) is 32.2 Å². The second kappa shape index (κ2) is 8.49. The largest absolute Gasteiger partial charge is 0.425 e. The van der Waals surface area contributed by atoms with E-state index >= 15 is 0 Å². The fourth-order valence-corrected chi connectivity index (χ4v) is 2.00. The molecule has 0 fully saturated rings. The maximum atomic E-state index is 5.38. The first kappa shape index (κ1) is 13.9. The van der Waals surface area contributed by atoms with Crippen LogP contribution in [0.4, 0.5) is 0 Å². The van der Waals surface area contributed by atoms with E-state index in [1.165, 1.54) is 6.04 Å². The lowest BCUT2D eigenvalue weighted by molar-refractivity contribution is 0.361. The summed E-state index contributed by atoms with van der Waals surface area (Å²) in [5.41, 5.74) is 0. The van der Waals surface area contributed by atoms with Gasteiger partial charge in [-0.25, -0.2) is 0 Å². The van der Waals surface area contributed by atoms with Crippen LogP contribution in [0.3, 0.4) is 0 Å². The summed E-state index contributed by atoms with van der Waals surface area (Å²) in [5.74, 6) is 0.